The van der Waals surface area contributed by atoms with Gasteiger partial charge in [0.25, 0.3) is 0 Å². The number of carbonyl (C=O) groups is 1. The van der Waals surface area contributed by atoms with Crippen molar-refractivity contribution in [1.82, 2.24) is 0 Å². The van der Waals surface area contributed by atoms with E-state index in [1.165, 1.54) is 14.2 Å². The van der Waals surface area contributed by atoms with E-state index in [0.717, 1.165) is 5.57 Å². The Kier molecular flexibility index (Phi) is 5.23. The minimum absolute atomic E-state index is 0.0147. The van der Waals surface area contributed by atoms with Crippen LogP contribution in [0.2, 0.25) is 5.02 Å². The molecule has 0 radical (unpaired) electrons. The fourth-order valence-electron chi connectivity index (χ4n) is 1.55. The topological polar surface area (TPSA) is 35.5 Å². The summed E-state index contributed by atoms with van der Waals surface area (Å²) in [6.45, 7) is 5.67. The van der Waals surface area contributed by atoms with Crippen molar-refractivity contribution in [2.24, 2.45) is 0 Å². The molecule has 0 spiro atoms. The molecular formula is C14H17ClO3. The van der Waals surface area contributed by atoms with E-state index in [2.05, 4.69) is 6.58 Å². The largest absolute Gasteiger partial charge is 0.493 e. The number of hydrogen-bond donors (Lipinski definition) is 0. The fraction of sp³-hybridized carbons (Fsp3) is 0.357. The van der Waals surface area contributed by atoms with Crippen LogP contribution in [0.5, 0.6) is 11.5 Å². The van der Waals surface area contributed by atoms with Crippen molar-refractivity contribution in [3.05, 3.63) is 34.9 Å². The Balaban J connectivity index is 3.00. The van der Waals surface area contributed by atoms with Crippen LogP contribution in [0.25, 0.3) is 0 Å². The SMILES string of the molecule is C=C(C)CCC(=O)c1cc(Cl)c(OC)c(OC)c1. The van der Waals surface area contributed by atoms with Gasteiger partial charge in [-0.1, -0.05) is 17.2 Å². The molecule has 0 unspecified atom stereocenters. The molecule has 3 nitrogen and oxygen atoms in total. The standard InChI is InChI=1S/C14H17ClO3/c1-9(2)5-6-12(16)10-7-11(15)14(18-4)13(8-10)17-3/h7-8H,1,5-6H2,2-4H3. The number of benzene rings is 1. The summed E-state index contributed by atoms with van der Waals surface area (Å²) >= 11 is 6.05. The van der Waals surface area contributed by atoms with Crippen LogP contribution >= 0.6 is 11.6 Å². The van der Waals surface area contributed by atoms with Gasteiger partial charge < -0.3 is 9.47 Å². The maximum absolute atomic E-state index is 12.0. The number of hydrogen-bond acceptors (Lipinski definition) is 3. The summed E-state index contributed by atoms with van der Waals surface area (Å²) in [5, 5.41) is 0.371. The minimum Gasteiger partial charge on any atom is -0.493 e. The fourth-order valence-corrected chi connectivity index (χ4v) is 1.84. The molecule has 0 saturated heterocycles. The lowest BCUT2D eigenvalue weighted by atomic mass is 10.0. The average Bonchev–Trinajstić information content (AvgIpc) is 2.34. The molecule has 98 valence electrons. The van der Waals surface area contributed by atoms with E-state index in [9.17, 15) is 4.79 Å². The van der Waals surface area contributed by atoms with Gasteiger partial charge in [0.05, 0.1) is 19.2 Å². The summed E-state index contributed by atoms with van der Waals surface area (Å²) < 4.78 is 10.3. The van der Waals surface area contributed by atoms with E-state index in [0.29, 0.717) is 34.9 Å². The zero-order valence-corrected chi connectivity index (χ0v) is 11.6. The average molecular weight is 269 g/mol. The number of ether oxygens (including phenoxy) is 2. The highest BCUT2D eigenvalue weighted by Gasteiger charge is 2.14. The van der Waals surface area contributed by atoms with Gasteiger partial charge in [0.2, 0.25) is 0 Å². The van der Waals surface area contributed by atoms with Crippen molar-refractivity contribution in [3.8, 4) is 11.5 Å². The number of carbonyl (C=O) groups excluding carboxylic acids is 1. The highest BCUT2D eigenvalue weighted by Crippen LogP contribution is 2.36. The molecule has 4 heteroatoms. The molecule has 0 aliphatic heterocycles. The van der Waals surface area contributed by atoms with Gasteiger partial charge in [0.15, 0.2) is 17.3 Å². The summed E-state index contributed by atoms with van der Waals surface area (Å²) in [5.74, 6) is 0.917. The number of ketones is 1. The van der Waals surface area contributed by atoms with Crippen LogP contribution in [0.4, 0.5) is 0 Å². The zero-order chi connectivity index (χ0) is 13.7. The summed E-state index contributed by atoms with van der Waals surface area (Å²) in [4.78, 5) is 12.0. The molecule has 18 heavy (non-hydrogen) atoms. The molecule has 0 aliphatic carbocycles. The van der Waals surface area contributed by atoms with Gasteiger partial charge in [-0.2, -0.15) is 0 Å². The molecule has 1 rings (SSSR count). The second kappa shape index (κ2) is 6.45. The van der Waals surface area contributed by atoms with Crippen LogP contribution in [0.15, 0.2) is 24.3 Å². The molecule has 1 aromatic carbocycles. The highest BCUT2D eigenvalue weighted by molar-refractivity contribution is 6.32. The van der Waals surface area contributed by atoms with E-state index in [-0.39, 0.29) is 5.78 Å². The normalized spacial score (nSPS) is 10.0. The molecule has 0 bridgehead atoms. The van der Waals surface area contributed by atoms with Crippen LogP contribution in [-0.4, -0.2) is 20.0 Å². The molecule has 0 atom stereocenters. The lowest BCUT2D eigenvalue weighted by Gasteiger charge is -2.11. The monoisotopic (exact) mass is 268 g/mol. The zero-order valence-electron chi connectivity index (χ0n) is 10.9. The van der Waals surface area contributed by atoms with Crippen molar-refractivity contribution in [1.29, 1.82) is 0 Å². The summed E-state index contributed by atoms with van der Waals surface area (Å²) in [6.07, 6.45) is 1.09. The first kappa shape index (κ1) is 14.6. The van der Waals surface area contributed by atoms with E-state index in [4.69, 9.17) is 21.1 Å². The Labute approximate surface area is 112 Å². The van der Waals surface area contributed by atoms with E-state index in [1.54, 1.807) is 12.1 Å². The molecule has 0 saturated carbocycles. The number of rotatable bonds is 6. The Morgan fingerprint density at radius 1 is 1.28 bits per heavy atom. The first-order valence-corrected chi connectivity index (χ1v) is 5.96. The lowest BCUT2D eigenvalue weighted by molar-refractivity contribution is 0.0982. The summed E-state index contributed by atoms with van der Waals surface area (Å²) in [5.41, 5.74) is 1.51. The first-order valence-electron chi connectivity index (χ1n) is 5.58. The second-order valence-electron chi connectivity index (χ2n) is 4.07. The highest BCUT2D eigenvalue weighted by atomic mass is 35.5. The number of allylic oxidation sites excluding steroid dienone is 1. The van der Waals surface area contributed by atoms with Crippen LogP contribution in [0.3, 0.4) is 0 Å². The van der Waals surface area contributed by atoms with Gasteiger partial charge in [0.1, 0.15) is 0 Å². The number of methoxy groups -OCH3 is 2. The van der Waals surface area contributed by atoms with Crippen LogP contribution < -0.4 is 9.47 Å². The molecule has 0 amide bonds. The van der Waals surface area contributed by atoms with Crippen LogP contribution in [0, 0.1) is 0 Å². The predicted octanol–water partition coefficient (Wildman–Crippen LogP) is 3.90. The number of halogens is 1. The third-order valence-electron chi connectivity index (χ3n) is 2.53. The predicted molar refractivity (Wildman–Crippen MR) is 72.9 cm³/mol. The maximum atomic E-state index is 12.0. The molecule has 0 aliphatic rings. The van der Waals surface area contributed by atoms with Gasteiger partial charge >= 0.3 is 0 Å². The molecular weight excluding hydrogens is 252 g/mol. The smallest absolute Gasteiger partial charge is 0.179 e. The van der Waals surface area contributed by atoms with Gasteiger partial charge in [0, 0.05) is 12.0 Å². The molecule has 0 N–H and O–H groups in total. The van der Waals surface area contributed by atoms with E-state index < -0.39 is 0 Å². The van der Waals surface area contributed by atoms with Crippen molar-refractivity contribution in [2.45, 2.75) is 19.8 Å². The third-order valence-corrected chi connectivity index (χ3v) is 2.82. The van der Waals surface area contributed by atoms with Crippen molar-refractivity contribution >= 4 is 17.4 Å². The van der Waals surface area contributed by atoms with Crippen LogP contribution in [-0.2, 0) is 0 Å². The lowest BCUT2D eigenvalue weighted by Crippen LogP contribution is -2.01. The second-order valence-corrected chi connectivity index (χ2v) is 4.48. The van der Waals surface area contributed by atoms with Gasteiger partial charge in [-0.25, -0.2) is 0 Å². The van der Waals surface area contributed by atoms with Crippen molar-refractivity contribution < 1.29 is 14.3 Å². The summed E-state index contributed by atoms with van der Waals surface area (Å²) in [7, 11) is 3.02. The Morgan fingerprint density at radius 2 is 1.94 bits per heavy atom. The Hall–Kier alpha value is -1.48. The maximum Gasteiger partial charge on any atom is 0.179 e. The van der Waals surface area contributed by atoms with Crippen molar-refractivity contribution in [2.75, 3.05) is 14.2 Å². The first-order chi connectivity index (χ1) is 8.49. The molecule has 1 aromatic rings. The molecule has 0 fully saturated rings. The minimum atomic E-state index is 0.0147. The molecule has 0 heterocycles. The quantitative estimate of drug-likeness (QED) is 0.580. The van der Waals surface area contributed by atoms with Crippen molar-refractivity contribution in [3.63, 3.8) is 0 Å². The Bertz CT molecular complexity index is 466. The number of Topliss-reactive ketones (excluding diaryl/α,β-unsaturated/α-hetero) is 1. The molecule has 0 aromatic heterocycles. The Morgan fingerprint density at radius 3 is 2.44 bits per heavy atom. The van der Waals surface area contributed by atoms with Gasteiger partial charge in [-0.3, -0.25) is 4.79 Å². The summed E-state index contributed by atoms with van der Waals surface area (Å²) in [6, 6.07) is 3.25. The van der Waals surface area contributed by atoms with Gasteiger partial charge in [-0.05, 0) is 25.5 Å². The van der Waals surface area contributed by atoms with E-state index in [1.807, 2.05) is 6.92 Å². The van der Waals surface area contributed by atoms with Gasteiger partial charge in [-0.15, -0.1) is 6.58 Å². The third kappa shape index (κ3) is 3.50. The van der Waals surface area contributed by atoms with Crippen LogP contribution in [0.1, 0.15) is 30.1 Å². The van der Waals surface area contributed by atoms with E-state index >= 15 is 0 Å².